The van der Waals surface area contributed by atoms with Gasteiger partial charge in [-0.15, -0.1) is 0 Å². The highest BCUT2D eigenvalue weighted by Crippen LogP contribution is 2.23. The molecule has 0 aromatic carbocycles. The van der Waals surface area contributed by atoms with E-state index in [4.69, 9.17) is 4.74 Å². The second-order valence-electron chi connectivity index (χ2n) is 6.87. The molecule has 0 bridgehead atoms. The van der Waals surface area contributed by atoms with Gasteiger partial charge in [-0.25, -0.2) is 0 Å². The molecule has 0 aromatic rings. The summed E-state index contributed by atoms with van der Waals surface area (Å²) in [5, 5.41) is 3.39. The minimum atomic E-state index is -0.569. The zero-order valence-electron chi connectivity index (χ0n) is 14.6. The highest BCUT2D eigenvalue weighted by atomic mass is 16.5. The number of ether oxygens (including phenoxy) is 1. The Hall–Kier alpha value is -0.610. The van der Waals surface area contributed by atoms with Crippen molar-refractivity contribution in [2.24, 2.45) is 0 Å². The van der Waals surface area contributed by atoms with Crippen molar-refractivity contribution in [3.05, 3.63) is 0 Å². The zero-order chi connectivity index (χ0) is 15.9. The van der Waals surface area contributed by atoms with E-state index in [1.807, 2.05) is 13.8 Å². The van der Waals surface area contributed by atoms with Crippen molar-refractivity contribution >= 4 is 5.97 Å². The van der Waals surface area contributed by atoms with E-state index >= 15 is 0 Å². The van der Waals surface area contributed by atoms with Crippen LogP contribution in [-0.2, 0) is 9.53 Å². The van der Waals surface area contributed by atoms with E-state index in [2.05, 4.69) is 31.1 Å². The molecule has 4 heteroatoms. The van der Waals surface area contributed by atoms with E-state index in [1.165, 1.54) is 25.7 Å². The molecule has 0 aromatic heterocycles. The summed E-state index contributed by atoms with van der Waals surface area (Å²) in [5.74, 6) is -0.123. The third kappa shape index (κ3) is 5.95. The van der Waals surface area contributed by atoms with E-state index in [1.54, 1.807) is 0 Å². The Labute approximate surface area is 130 Å². The van der Waals surface area contributed by atoms with Crippen LogP contribution in [0.5, 0.6) is 0 Å². The first-order valence-corrected chi connectivity index (χ1v) is 8.54. The largest absolute Gasteiger partial charge is 0.465 e. The molecule has 1 atom stereocenters. The van der Waals surface area contributed by atoms with Gasteiger partial charge in [0.15, 0.2) is 0 Å². The maximum absolute atomic E-state index is 12.2. The molecule has 1 aliphatic carbocycles. The maximum Gasteiger partial charge on any atom is 0.326 e. The van der Waals surface area contributed by atoms with Crippen molar-refractivity contribution in [3.8, 4) is 0 Å². The van der Waals surface area contributed by atoms with Crippen LogP contribution in [0.2, 0.25) is 0 Å². The second kappa shape index (κ2) is 8.74. The number of nitrogens with one attached hydrogen (secondary N) is 1. The number of hydrogen-bond donors (Lipinski definition) is 1. The number of rotatable bonds is 9. The maximum atomic E-state index is 12.2. The molecule has 0 heterocycles. The van der Waals surface area contributed by atoms with Crippen molar-refractivity contribution in [2.75, 3.05) is 20.2 Å². The molecule has 1 unspecified atom stereocenters. The summed E-state index contributed by atoms with van der Waals surface area (Å²) < 4.78 is 5.25. The molecule has 1 saturated carbocycles. The van der Waals surface area contributed by atoms with Crippen molar-refractivity contribution in [2.45, 2.75) is 83.8 Å². The number of carbonyl (C=O) groups is 1. The van der Waals surface area contributed by atoms with Gasteiger partial charge in [-0.2, -0.15) is 0 Å². The third-order valence-electron chi connectivity index (χ3n) is 4.47. The first-order valence-electron chi connectivity index (χ1n) is 8.54. The van der Waals surface area contributed by atoms with Crippen molar-refractivity contribution in [1.29, 1.82) is 0 Å². The van der Waals surface area contributed by atoms with Gasteiger partial charge < -0.3 is 9.64 Å². The monoisotopic (exact) mass is 298 g/mol. The van der Waals surface area contributed by atoms with Crippen LogP contribution >= 0.6 is 0 Å². The van der Waals surface area contributed by atoms with Gasteiger partial charge in [0, 0.05) is 12.1 Å². The Bertz CT molecular complexity index is 314. The lowest BCUT2D eigenvalue weighted by Gasteiger charge is -2.32. The van der Waals surface area contributed by atoms with Crippen molar-refractivity contribution in [1.82, 2.24) is 10.2 Å². The van der Waals surface area contributed by atoms with Gasteiger partial charge in [0.1, 0.15) is 5.54 Å². The van der Waals surface area contributed by atoms with Gasteiger partial charge in [-0.05, 0) is 67.0 Å². The topological polar surface area (TPSA) is 41.6 Å². The summed E-state index contributed by atoms with van der Waals surface area (Å²) in [5.41, 5.74) is -0.569. The molecule has 0 spiro atoms. The van der Waals surface area contributed by atoms with Gasteiger partial charge in [0.25, 0.3) is 0 Å². The molecule has 1 fully saturated rings. The lowest BCUT2D eigenvalue weighted by Crippen LogP contribution is -2.53. The van der Waals surface area contributed by atoms with Crippen molar-refractivity contribution in [3.63, 3.8) is 0 Å². The number of hydrogen-bond acceptors (Lipinski definition) is 4. The van der Waals surface area contributed by atoms with E-state index in [0.717, 1.165) is 25.4 Å². The number of esters is 1. The van der Waals surface area contributed by atoms with Crippen LogP contribution in [0.25, 0.3) is 0 Å². The molecular formula is C17H34N2O2. The summed E-state index contributed by atoms with van der Waals surface area (Å²) in [6, 6.07) is 1.02. The summed E-state index contributed by atoms with van der Waals surface area (Å²) in [4.78, 5) is 14.7. The molecule has 0 aliphatic heterocycles. The highest BCUT2D eigenvalue weighted by Gasteiger charge is 2.34. The first kappa shape index (κ1) is 18.4. The Balaban J connectivity index is 2.46. The Morgan fingerprint density at radius 2 is 2.00 bits per heavy atom. The lowest BCUT2D eigenvalue weighted by molar-refractivity contribution is -0.151. The Morgan fingerprint density at radius 3 is 2.52 bits per heavy atom. The fourth-order valence-corrected chi connectivity index (χ4v) is 3.37. The van der Waals surface area contributed by atoms with Gasteiger partial charge in [0.05, 0.1) is 6.61 Å². The molecule has 4 nitrogen and oxygen atoms in total. The molecular weight excluding hydrogens is 264 g/mol. The number of carbonyl (C=O) groups excluding carboxylic acids is 1. The van der Waals surface area contributed by atoms with Gasteiger partial charge >= 0.3 is 5.97 Å². The molecule has 0 amide bonds. The lowest BCUT2D eigenvalue weighted by atomic mass is 9.94. The standard InChI is InChI=1S/C17H34N2O2/c1-6-21-16(20)17(4,18-14(2)3)12-9-13-19(5)15-10-7-8-11-15/h14-15,18H,6-13H2,1-5H3. The summed E-state index contributed by atoms with van der Waals surface area (Å²) in [7, 11) is 2.22. The fourth-order valence-electron chi connectivity index (χ4n) is 3.37. The average molecular weight is 298 g/mol. The predicted octanol–water partition coefficient (Wildman–Crippen LogP) is 2.96. The summed E-state index contributed by atoms with van der Waals surface area (Å²) in [6.45, 7) is 9.47. The van der Waals surface area contributed by atoms with Crippen LogP contribution in [0, 0.1) is 0 Å². The van der Waals surface area contributed by atoms with E-state index in [-0.39, 0.29) is 12.0 Å². The van der Waals surface area contributed by atoms with Gasteiger partial charge in [-0.1, -0.05) is 12.8 Å². The molecule has 1 rings (SSSR count). The SMILES string of the molecule is CCOC(=O)C(C)(CCCN(C)C1CCCC1)NC(C)C. The van der Waals surface area contributed by atoms with Crippen LogP contribution in [-0.4, -0.2) is 48.7 Å². The van der Waals surface area contributed by atoms with E-state index in [9.17, 15) is 4.79 Å². The predicted molar refractivity (Wildman–Crippen MR) is 87.4 cm³/mol. The average Bonchev–Trinajstić information content (AvgIpc) is 2.91. The first-order chi connectivity index (χ1) is 9.89. The van der Waals surface area contributed by atoms with Crippen LogP contribution < -0.4 is 5.32 Å². The normalized spacial score (nSPS) is 19.2. The summed E-state index contributed by atoms with van der Waals surface area (Å²) >= 11 is 0. The fraction of sp³-hybridized carbons (Fsp3) is 0.941. The van der Waals surface area contributed by atoms with E-state index in [0.29, 0.717) is 6.61 Å². The van der Waals surface area contributed by atoms with Crippen molar-refractivity contribution < 1.29 is 9.53 Å². The van der Waals surface area contributed by atoms with Crippen LogP contribution in [0.15, 0.2) is 0 Å². The quantitative estimate of drug-likeness (QED) is 0.665. The molecule has 21 heavy (non-hydrogen) atoms. The minimum Gasteiger partial charge on any atom is -0.465 e. The zero-order valence-corrected chi connectivity index (χ0v) is 14.6. The van der Waals surface area contributed by atoms with Gasteiger partial charge in [-0.3, -0.25) is 10.1 Å². The van der Waals surface area contributed by atoms with Crippen LogP contribution in [0.1, 0.15) is 66.2 Å². The molecule has 124 valence electrons. The molecule has 0 radical (unpaired) electrons. The Morgan fingerprint density at radius 1 is 1.38 bits per heavy atom. The molecule has 1 aliphatic rings. The Kier molecular flexibility index (Phi) is 7.67. The summed E-state index contributed by atoms with van der Waals surface area (Å²) in [6.07, 6.45) is 7.23. The molecule has 0 saturated heterocycles. The minimum absolute atomic E-state index is 0.123. The third-order valence-corrected chi connectivity index (χ3v) is 4.47. The molecule has 1 N–H and O–H groups in total. The van der Waals surface area contributed by atoms with E-state index < -0.39 is 5.54 Å². The van der Waals surface area contributed by atoms with Crippen LogP contribution in [0.3, 0.4) is 0 Å². The number of nitrogens with zero attached hydrogens (tertiary/aromatic N) is 1. The second-order valence-corrected chi connectivity index (χ2v) is 6.87. The van der Waals surface area contributed by atoms with Gasteiger partial charge in [0.2, 0.25) is 0 Å². The van der Waals surface area contributed by atoms with Crippen LogP contribution in [0.4, 0.5) is 0 Å². The smallest absolute Gasteiger partial charge is 0.326 e. The highest BCUT2D eigenvalue weighted by molar-refractivity contribution is 5.80.